The number of anilines is 1. The molecule has 1 fully saturated rings. The molecule has 1 aliphatic carbocycles. The Balaban J connectivity index is 1.74. The molecular formula is C18H22N2O2S. The maximum absolute atomic E-state index is 12.6. The molecular weight excluding hydrogens is 308 g/mol. The lowest BCUT2D eigenvalue weighted by Crippen LogP contribution is -2.48. The lowest BCUT2D eigenvalue weighted by atomic mass is 9.91. The van der Waals surface area contributed by atoms with E-state index in [2.05, 4.69) is 10.0 Å². The summed E-state index contributed by atoms with van der Waals surface area (Å²) in [6.07, 6.45) is 4.00. The highest BCUT2D eigenvalue weighted by Gasteiger charge is 2.29. The van der Waals surface area contributed by atoms with E-state index < -0.39 is 10.0 Å². The smallest absolute Gasteiger partial charge is 0.240 e. The third-order valence-corrected chi connectivity index (χ3v) is 5.76. The Morgan fingerprint density at radius 3 is 2.00 bits per heavy atom. The van der Waals surface area contributed by atoms with Crippen LogP contribution in [-0.2, 0) is 10.0 Å². The van der Waals surface area contributed by atoms with Crippen LogP contribution in [0.4, 0.5) is 5.69 Å². The summed E-state index contributed by atoms with van der Waals surface area (Å²) in [5.74, 6) is 0. The van der Waals surface area contributed by atoms with Gasteiger partial charge in [-0.25, -0.2) is 13.1 Å². The Morgan fingerprint density at radius 1 is 0.783 bits per heavy atom. The van der Waals surface area contributed by atoms with Crippen LogP contribution in [0.3, 0.4) is 0 Å². The fourth-order valence-electron chi connectivity index (χ4n) is 3.06. The van der Waals surface area contributed by atoms with Gasteiger partial charge in [0.1, 0.15) is 0 Å². The van der Waals surface area contributed by atoms with Crippen LogP contribution in [0.5, 0.6) is 0 Å². The SMILES string of the molecule is O=S(=O)(N[C@H]1CCCC[C@@H]1Nc1ccccc1)c1ccccc1. The third-order valence-electron chi connectivity index (χ3n) is 4.25. The summed E-state index contributed by atoms with van der Waals surface area (Å²) in [7, 11) is -3.48. The first-order valence-electron chi connectivity index (χ1n) is 8.04. The molecule has 0 radical (unpaired) electrons. The Bertz CT molecular complexity index is 717. The van der Waals surface area contributed by atoms with Crippen LogP contribution in [0.1, 0.15) is 25.7 Å². The molecule has 1 aliphatic rings. The number of nitrogens with one attached hydrogen (secondary N) is 2. The molecule has 0 saturated heterocycles. The Labute approximate surface area is 138 Å². The van der Waals surface area contributed by atoms with Crippen LogP contribution in [0.25, 0.3) is 0 Å². The van der Waals surface area contributed by atoms with Crippen LogP contribution in [0.2, 0.25) is 0 Å². The molecule has 5 heteroatoms. The third kappa shape index (κ3) is 4.12. The standard InChI is InChI=1S/C18H22N2O2S/c21-23(22,16-11-5-2-6-12-16)20-18-14-8-7-13-17(18)19-15-9-3-1-4-10-15/h1-6,9-12,17-20H,7-8,13-14H2/t17-,18-/m0/s1. The first-order valence-corrected chi connectivity index (χ1v) is 9.52. The minimum Gasteiger partial charge on any atom is -0.381 e. The van der Waals surface area contributed by atoms with E-state index in [1.54, 1.807) is 24.3 Å². The zero-order chi connectivity index (χ0) is 16.1. The summed E-state index contributed by atoms with van der Waals surface area (Å²) in [4.78, 5) is 0.323. The van der Waals surface area contributed by atoms with E-state index in [1.807, 2.05) is 36.4 Å². The van der Waals surface area contributed by atoms with E-state index in [0.29, 0.717) is 4.90 Å². The van der Waals surface area contributed by atoms with Gasteiger partial charge in [-0.05, 0) is 37.1 Å². The summed E-state index contributed by atoms with van der Waals surface area (Å²) in [5, 5.41) is 3.48. The van der Waals surface area contributed by atoms with Crippen molar-refractivity contribution in [2.45, 2.75) is 42.7 Å². The molecule has 0 aromatic heterocycles. The molecule has 4 nitrogen and oxygen atoms in total. The molecule has 0 aliphatic heterocycles. The Hall–Kier alpha value is -1.85. The lowest BCUT2D eigenvalue weighted by molar-refractivity contribution is 0.378. The minimum atomic E-state index is -3.48. The van der Waals surface area contributed by atoms with E-state index >= 15 is 0 Å². The van der Waals surface area contributed by atoms with Crippen molar-refractivity contribution in [3.05, 3.63) is 60.7 Å². The molecule has 1 saturated carbocycles. The summed E-state index contributed by atoms with van der Waals surface area (Å²) in [6, 6.07) is 18.6. The average molecular weight is 330 g/mol. The molecule has 2 N–H and O–H groups in total. The van der Waals surface area contributed by atoms with E-state index in [0.717, 1.165) is 31.4 Å². The van der Waals surface area contributed by atoms with Gasteiger partial charge in [0.25, 0.3) is 0 Å². The molecule has 2 aromatic carbocycles. The molecule has 2 aromatic rings. The number of hydrogen-bond acceptors (Lipinski definition) is 3. The first kappa shape index (κ1) is 16.0. The Morgan fingerprint density at radius 2 is 1.35 bits per heavy atom. The quantitative estimate of drug-likeness (QED) is 0.883. The van der Waals surface area contributed by atoms with Crippen molar-refractivity contribution in [2.75, 3.05) is 5.32 Å². The fourth-order valence-corrected chi connectivity index (χ4v) is 4.39. The second kappa shape index (κ2) is 7.15. The van der Waals surface area contributed by atoms with Gasteiger partial charge in [0, 0.05) is 17.8 Å². The molecule has 0 unspecified atom stereocenters. The van der Waals surface area contributed by atoms with Gasteiger partial charge in [-0.3, -0.25) is 0 Å². The summed E-state index contributed by atoms with van der Waals surface area (Å²) in [5.41, 5.74) is 1.03. The van der Waals surface area contributed by atoms with Crippen LogP contribution in [0, 0.1) is 0 Å². The van der Waals surface area contributed by atoms with Crippen molar-refractivity contribution in [1.82, 2.24) is 4.72 Å². The molecule has 0 heterocycles. The minimum absolute atomic E-state index is 0.0887. The number of hydrogen-bond donors (Lipinski definition) is 2. The highest BCUT2D eigenvalue weighted by molar-refractivity contribution is 7.89. The Kier molecular flexibility index (Phi) is 4.98. The van der Waals surface area contributed by atoms with Gasteiger partial charge in [0.2, 0.25) is 10.0 Å². The molecule has 0 spiro atoms. The first-order chi connectivity index (χ1) is 11.1. The van der Waals surface area contributed by atoms with Crippen molar-refractivity contribution in [2.24, 2.45) is 0 Å². The number of sulfonamides is 1. The molecule has 122 valence electrons. The fraction of sp³-hybridized carbons (Fsp3) is 0.333. The van der Waals surface area contributed by atoms with Crippen LogP contribution < -0.4 is 10.0 Å². The molecule has 0 amide bonds. The molecule has 2 atom stereocenters. The summed E-state index contributed by atoms with van der Waals surface area (Å²) in [6.45, 7) is 0. The number of benzene rings is 2. The van der Waals surface area contributed by atoms with E-state index in [9.17, 15) is 8.42 Å². The maximum Gasteiger partial charge on any atom is 0.240 e. The van der Waals surface area contributed by atoms with Gasteiger partial charge in [0.15, 0.2) is 0 Å². The van der Waals surface area contributed by atoms with E-state index in [4.69, 9.17) is 0 Å². The largest absolute Gasteiger partial charge is 0.381 e. The number of rotatable bonds is 5. The van der Waals surface area contributed by atoms with Crippen molar-refractivity contribution >= 4 is 15.7 Å². The topological polar surface area (TPSA) is 58.2 Å². The maximum atomic E-state index is 12.6. The van der Waals surface area contributed by atoms with Crippen molar-refractivity contribution in [3.8, 4) is 0 Å². The van der Waals surface area contributed by atoms with E-state index in [1.165, 1.54) is 0 Å². The van der Waals surface area contributed by atoms with Gasteiger partial charge in [-0.15, -0.1) is 0 Å². The molecule has 3 rings (SSSR count). The predicted molar refractivity (Wildman–Crippen MR) is 92.9 cm³/mol. The predicted octanol–water partition coefficient (Wildman–Crippen LogP) is 3.39. The second-order valence-electron chi connectivity index (χ2n) is 5.94. The summed E-state index contributed by atoms with van der Waals surface area (Å²) < 4.78 is 28.0. The van der Waals surface area contributed by atoms with Gasteiger partial charge in [0.05, 0.1) is 4.90 Å². The average Bonchev–Trinajstić information content (AvgIpc) is 2.58. The molecule has 0 bridgehead atoms. The highest BCUT2D eigenvalue weighted by Crippen LogP contribution is 2.24. The van der Waals surface area contributed by atoms with Gasteiger partial charge in [-0.2, -0.15) is 0 Å². The summed E-state index contributed by atoms with van der Waals surface area (Å²) >= 11 is 0. The van der Waals surface area contributed by atoms with Crippen molar-refractivity contribution in [1.29, 1.82) is 0 Å². The normalized spacial score (nSPS) is 21.7. The lowest BCUT2D eigenvalue weighted by Gasteiger charge is -2.33. The van der Waals surface area contributed by atoms with Crippen LogP contribution in [-0.4, -0.2) is 20.5 Å². The van der Waals surface area contributed by atoms with Crippen molar-refractivity contribution in [3.63, 3.8) is 0 Å². The second-order valence-corrected chi connectivity index (χ2v) is 7.66. The van der Waals surface area contributed by atoms with Crippen molar-refractivity contribution < 1.29 is 8.42 Å². The van der Waals surface area contributed by atoms with Gasteiger partial charge >= 0.3 is 0 Å². The monoisotopic (exact) mass is 330 g/mol. The number of para-hydroxylation sites is 1. The van der Waals surface area contributed by atoms with Gasteiger partial charge in [-0.1, -0.05) is 49.2 Å². The van der Waals surface area contributed by atoms with Crippen LogP contribution in [0.15, 0.2) is 65.6 Å². The van der Waals surface area contributed by atoms with Crippen LogP contribution >= 0.6 is 0 Å². The zero-order valence-electron chi connectivity index (χ0n) is 13.0. The van der Waals surface area contributed by atoms with Gasteiger partial charge < -0.3 is 5.32 Å². The highest BCUT2D eigenvalue weighted by atomic mass is 32.2. The van der Waals surface area contributed by atoms with E-state index in [-0.39, 0.29) is 12.1 Å². The zero-order valence-corrected chi connectivity index (χ0v) is 13.8. The molecule has 23 heavy (non-hydrogen) atoms.